The van der Waals surface area contributed by atoms with Crippen LogP contribution in [0.1, 0.15) is 23.3 Å². The minimum absolute atomic E-state index is 0.0394. The Bertz CT molecular complexity index is 395. The maximum absolute atomic E-state index is 10.8. The molecule has 1 aromatic heterocycles. The number of carboxylic acid groups (broad SMARTS) is 1. The van der Waals surface area contributed by atoms with Gasteiger partial charge < -0.3 is 15.1 Å². The zero-order valence-electron chi connectivity index (χ0n) is 8.83. The van der Waals surface area contributed by atoms with Gasteiger partial charge in [-0.05, 0) is 25.0 Å². The van der Waals surface area contributed by atoms with Gasteiger partial charge in [0.15, 0.2) is 0 Å². The number of pyridine rings is 1. The fraction of sp³-hybridized carbons (Fsp3) is 0.455. The summed E-state index contributed by atoms with van der Waals surface area (Å²) in [5.74, 6) is -1.03. The van der Waals surface area contributed by atoms with Crippen molar-refractivity contribution in [3.63, 3.8) is 0 Å². The van der Waals surface area contributed by atoms with Crippen molar-refractivity contribution < 1.29 is 15.0 Å². The van der Waals surface area contributed by atoms with Crippen molar-refractivity contribution in [1.29, 1.82) is 0 Å². The highest BCUT2D eigenvalue weighted by Gasteiger charge is 2.18. The van der Waals surface area contributed by atoms with Crippen LogP contribution in [0.4, 0.5) is 5.69 Å². The number of anilines is 1. The van der Waals surface area contributed by atoms with Gasteiger partial charge in [0, 0.05) is 25.0 Å². The van der Waals surface area contributed by atoms with Crippen LogP contribution in [0.3, 0.4) is 0 Å². The number of hydrogen-bond acceptors (Lipinski definition) is 4. The Balaban J connectivity index is 2.19. The summed E-state index contributed by atoms with van der Waals surface area (Å²) >= 11 is 0. The molecule has 1 saturated heterocycles. The first-order valence-electron chi connectivity index (χ1n) is 5.29. The lowest BCUT2D eigenvalue weighted by Gasteiger charge is -2.31. The minimum atomic E-state index is -1.03. The topological polar surface area (TPSA) is 73.7 Å². The van der Waals surface area contributed by atoms with Crippen LogP contribution in [0.2, 0.25) is 0 Å². The molecule has 16 heavy (non-hydrogen) atoms. The molecule has 2 heterocycles. The van der Waals surface area contributed by atoms with Crippen molar-refractivity contribution in [1.82, 2.24) is 4.98 Å². The summed E-state index contributed by atoms with van der Waals surface area (Å²) in [6, 6.07) is 3.31. The van der Waals surface area contributed by atoms with Crippen LogP contribution in [-0.2, 0) is 0 Å². The Hall–Kier alpha value is -1.62. The molecule has 86 valence electrons. The van der Waals surface area contributed by atoms with E-state index in [9.17, 15) is 9.90 Å². The molecule has 0 saturated carbocycles. The summed E-state index contributed by atoms with van der Waals surface area (Å²) < 4.78 is 0. The van der Waals surface area contributed by atoms with E-state index in [1.165, 1.54) is 6.20 Å². The average Bonchev–Trinajstić information content (AvgIpc) is 2.29. The van der Waals surface area contributed by atoms with E-state index in [4.69, 9.17) is 5.11 Å². The van der Waals surface area contributed by atoms with Crippen LogP contribution >= 0.6 is 0 Å². The van der Waals surface area contributed by atoms with E-state index >= 15 is 0 Å². The molecule has 1 aromatic rings. The van der Waals surface area contributed by atoms with Crippen molar-refractivity contribution in [2.75, 3.05) is 18.0 Å². The largest absolute Gasteiger partial charge is 0.477 e. The van der Waals surface area contributed by atoms with Gasteiger partial charge in [-0.3, -0.25) is 0 Å². The van der Waals surface area contributed by atoms with E-state index in [1.807, 2.05) is 4.90 Å². The molecule has 1 fully saturated rings. The second-order valence-corrected chi connectivity index (χ2v) is 3.95. The molecule has 1 atom stereocenters. The summed E-state index contributed by atoms with van der Waals surface area (Å²) in [5, 5.41) is 18.4. The predicted octanol–water partition coefficient (Wildman–Crippen LogP) is 0.741. The molecule has 0 spiro atoms. The third-order valence-corrected chi connectivity index (χ3v) is 2.72. The maximum atomic E-state index is 10.8. The monoisotopic (exact) mass is 222 g/mol. The number of carboxylic acids is 1. The normalized spacial score (nSPS) is 20.8. The molecule has 2 N–H and O–H groups in total. The molecule has 5 nitrogen and oxygen atoms in total. The molecule has 0 aliphatic carbocycles. The van der Waals surface area contributed by atoms with Crippen LogP contribution < -0.4 is 4.90 Å². The van der Waals surface area contributed by atoms with Crippen LogP contribution in [0.15, 0.2) is 18.3 Å². The molecule has 1 aliphatic heterocycles. The van der Waals surface area contributed by atoms with Crippen molar-refractivity contribution in [2.45, 2.75) is 18.9 Å². The quantitative estimate of drug-likeness (QED) is 0.772. The summed E-state index contributed by atoms with van der Waals surface area (Å²) in [6.07, 6.45) is 2.90. The Morgan fingerprint density at radius 2 is 2.38 bits per heavy atom. The molecular formula is C11H14N2O3. The number of nitrogens with zero attached hydrogens (tertiary/aromatic N) is 2. The highest BCUT2D eigenvalue weighted by Crippen LogP contribution is 2.20. The number of aliphatic hydroxyl groups excluding tert-OH is 1. The molecule has 1 unspecified atom stereocenters. The fourth-order valence-electron chi connectivity index (χ4n) is 1.92. The summed E-state index contributed by atoms with van der Waals surface area (Å²) in [7, 11) is 0. The van der Waals surface area contributed by atoms with Crippen LogP contribution in [0, 0.1) is 0 Å². The molecule has 5 heteroatoms. The van der Waals surface area contributed by atoms with Crippen molar-refractivity contribution in [2.24, 2.45) is 0 Å². The number of aromatic carboxylic acids is 1. The van der Waals surface area contributed by atoms with Gasteiger partial charge >= 0.3 is 5.97 Å². The van der Waals surface area contributed by atoms with Crippen molar-refractivity contribution in [3.8, 4) is 0 Å². The van der Waals surface area contributed by atoms with Crippen LogP contribution in [0.5, 0.6) is 0 Å². The van der Waals surface area contributed by atoms with Gasteiger partial charge in [-0.15, -0.1) is 0 Å². The summed E-state index contributed by atoms with van der Waals surface area (Å²) in [4.78, 5) is 16.5. The van der Waals surface area contributed by atoms with E-state index in [0.717, 1.165) is 25.1 Å². The minimum Gasteiger partial charge on any atom is -0.477 e. The highest BCUT2D eigenvalue weighted by molar-refractivity contribution is 5.86. The van der Waals surface area contributed by atoms with Gasteiger partial charge in [0.05, 0.1) is 6.10 Å². The molecule has 0 radical (unpaired) electrons. The van der Waals surface area contributed by atoms with E-state index in [1.54, 1.807) is 12.1 Å². The second-order valence-electron chi connectivity index (χ2n) is 3.95. The molecular weight excluding hydrogens is 208 g/mol. The van der Waals surface area contributed by atoms with Gasteiger partial charge in [-0.1, -0.05) is 0 Å². The standard InChI is InChI=1S/C11H14N2O3/c14-9-2-1-5-13(7-9)8-3-4-12-10(6-8)11(15)16/h3-4,6,9,14H,1-2,5,7H2,(H,15,16). The van der Waals surface area contributed by atoms with Crippen LogP contribution in [-0.4, -0.2) is 40.4 Å². The average molecular weight is 222 g/mol. The summed E-state index contributed by atoms with van der Waals surface area (Å²) in [5.41, 5.74) is 0.851. The molecule has 2 rings (SSSR count). The van der Waals surface area contributed by atoms with Gasteiger partial charge in [-0.2, -0.15) is 0 Å². The highest BCUT2D eigenvalue weighted by atomic mass is 16.4. The lowest BCUT2D eigenvalue weighted by Crippen LogP contribution is -2.38. The first kappa shape index (κ1) is 10.9. The fourth-order valence-corrected chi connectivity index (χ4v) is 1.92. The zero-order valence-corrected chi connectivity index (χ0v) is 8.83. The third kappa shape index (κ3) is 2.30. The number of rotatable bonds is 2. The van der Waals surface area contributed by atoms with E-state index in [0.29, 0.717) is 6.54 Å². The Morgan fingerprint density at radius 1 is 1.56 bits per heavy atom. The predicted molar refractivity (Wildman–Crippen MR) is 58.7 cm³/mol. The van der Waals surface area contributed by atoms with E-state index in [2.05, 4.69) is 4.98 Å². The van der Waals surface area contributed by atoms with Crippen molar-refractivity contribution >= 4 is 11.7 Å². The molecule has 0 amide bonds. The number of piperidine rings is 1. The van der Waals surface area contributed by atoms with Gasteiger partial charge in [0.2, 0.25) is 0 Å². The first-order valence-corrected chi connectivity index (χ1v) is 5.29. The molecule has 1 aliphatic rings. The van der Waals surface area contributed by atoms with Crippen LogP contribution in [0.25, 0.3) is 0 Å². The lowest BCUT2D eigenvalue weighted by molar-refractivity contribution is 0.0690. The Labute approximate surface area is 93.3 Å². The maximum Gasteiger partial charge on any atom is 0.354 e. The van der Waals surface area contributed by atoms with E-state index in [-0.39, 0.29) is 11.8 Å². The number of carbonyl (C=O) groups is 1. The van der Waals surface area contributed by atoms with Crippen molar-refractivity contribution in [3.05, 3.63) is 24.0 Å². The van der Waals surface area contributed by atoms with Gasteiger partial charge in [-0.25, -0.2) is 9.78 Å². The van der Waals surface area contributed by atoms with E-state index < -0.39 is 5.97 Å². The molecule has 0 bridgehead atoms. The summed E-state index contributed by atoms with van der Waals surface area (Å²) in [6.45, 7) is 1.41. The second kappa shape index (κ2) is 4.49. The smallest absolute Gasteiger partial charge is 0.354 e. The molecule has 0 aromatic carbocycles. The lowest BCUT2D eigenvalue weighted by atomic mass is 10.1. The number of hydrogen-bond donors (Lipinski definition) is 2. The third-order valence-electron chi connectivity index (χ3n) is 2.72. The number of aliphatic hydroxyl groups is 1. The van der Waals surface area contributed by atoms with Gasteiger partial charge in [0.25, 0.3) is 0 Å². The Kier molecular flexibility index (Phi) is 3.05. The Morgan fingerprint density at radius 3 is 3.06 bits per heavy atom. The number of β-amino-alcohol motifs (C(OH)–C–C–N with tert-alkyl or cyclic N) is 1. The zero-order chi connectivity index (χ0) is 11.5. The van der Waals surface area contributed by atoms with Gasteiger partial charge in [0.1, 0.15) is 5.69 Å². The number of aromatic nitrogens is 1. The SMILES string of the molecule is O=C(O)c1cc(N2CCCC(O)C2)ccn1. The first-order chi connectivity index (χ1) is 7.66.